The fourth-order valence-corrected chi connectivity index (χ4v) is 11.4. The Labute approximate surface area is 178 Å². The minimum atomic E-state index is -4.56. The molecule has 0 atom stereocenters. The monoisotopic (exact) mass is 550 g/mol. The summed E-state index contributed by atoms with van der Waals surface area (Å²) >= 11 is -3.54. The van der Waals surface area contributed by atoms with Crippen LogP contribution in [0.15, 0.2) is 72.8 Å². The van der Waals surface area contributed by atoms with Crippen molar-refractivity contribution < 1.29 is 39.5 Å². The maximum absolute atomic E-state index is 12.9. The third kappa shape index (κ3) is 5.58. The van der Waals surface area contributed by atoms with Crippen LogP contribution in [0.5, 0.6) is 0 Å². The van der Waals surface area contributed by atoms with Crippen molar-refractivity contribution in [1.29, 1.82) is 0 Å². The van der Waals surface area contributed by atoms with Crippen LogP contribution in [-0.4, -0.2) is 21.4 Å². The van der Waals surface area contributed by atoms with E-state index in [1.807, 2.05) is 0 Å². The van der Waals surface area contributed by atoms with E-state index in [-0.39, 0.29) is 0 Å². The van der Waals surface area contributed by atoms with Gasteiger partial charge >= 0.3 is 179 Å². The number of rotatable bonds is 3. The molecule has 0 aliphatic carbocycles. The summed E-state index contributed by atoms with van der Waals surface area (Å²) in [5, 5.41) is 0. The first-order valence-corrected chi connectivity index (χ1v) is 13.7. The number of benzene rings is 3. The molecule has 162 valence electrons. The molecule has 0 saturated heterocycles. The minimum absolute atomic E-state index is 0.495. The molecule has 0 aromatic heterocycles. The number of hydrogen-bond donors (Lipinski definition) is 0. The second-order valence-electron chi connectivity index (χ2n) is 6.79. The van der Waals surface area contributed by atoms with Crippen LogP contribution in [0.25, 0.3) is 0 Å². The molecular formula is C21H12F9In. The van der Waals surface area contributed by atoms with Gasteiger partial charge in [-0.05, 0) is 0 Å². The van der Waals surface area contributed by atoms with E-state index >= 15 is 0 Å². The van der Waals surface area contributed by atoms with Gasteiger partial charge in [-0.3, -0.25) is 0 Å². The topological polar surface area (TPSA) is 0 Å². The van der Waals surface area contributed by atoms with Gasteiger partial charge in [0.25, 0.3) is 0 Å². The van der Waals surface area contributed by atoms with Gasteiger partial charge in [0.2, 0.25) is 0 Å². The van der Waals surface area contributed by atoms with Gasteiger partial charge in [0, 0.05) is 0 Å². The van der Waals surface area contributed by atoms with Crippen LogP contribution in [0.1, 0.15) is 16.7 Å². The molecule has 0 heterocycles. The summed E-state index contributed by atoms with van der Waals surface area (Å²) in [6.07, 6.45) is -13.7. The maximum atomic E-state index is 12.9. The zero-order valence-electron chi connectivity index (χ0n) is 15.4. The van der Waals surface area contributed by atoms with Crippen LogP contribution in [0.2, 0.25) is 0 Å². The van der Waals surface area contributed by atoms with Crippen LogP contribution in [0, 0.1) is 0 Å². The van der Waals surface area contributed by atoms with Crippen molar-refractivity contribution in [2.45, 2.75) is 18.5 Å². The molecule has 31 heavy (non-hydrogen) atoms. The second-order valence-corrected chi connectivity index (χ2v) is 15.0. The predicted octanol–water partition coefficient (Wildman–Crippen LogP) is 5.26. The van der Waals surface area contributed by atoms with Crippen LogP contribution >= 0.6 is 0 Å². The van der Waals surface area contributed by atoms with E-state index in [2.05, 4.69) is 0 Å². The molecule has 0 radical (unpaired) electrons. The third-order valence-electron chi connectivity index (χ3n) is 4.71. The van der Waals surface area contributed by atoms with Gasteiger partial charge in [0.15, 0.2) is 0 Å². The van der Waals surface area contributed by atoms with Crippen molar-refractivity contribution in [1.82, 2.24) is 0 Å². The van der Waals surface area contributed by atoms with Gasteiger partial charge in [-0.15, -0.1) is 0 Å². The van der Waals surface area contributed by atoms with Crippen molar-refractivity contribution >= 4 is 31.4 Å². The Balaban J connectivity index is 2.08. The molecule has 10 heteroatoms. The first kappa shape index (κ1) is 23.6. The van der Waals surface area contributed by atoms with Crippen molar-refractivity contribution in [3.63, 3.8) is 0 Å². The molecule has 0 amide bonds. The Kier molecular flexibility index (Phi) is 6.42. The Hall–Kier alpha value is -2.10. The normalized spacial score (nSPS) is 12.7. The van der Waals surface area contributed by atoms with Gasteiger partial charge in [-0.1, -0.05) is 0 Å². The van der Waals surface area contributed by atoms with E-state index in [0.717, 1.165) is 36.4 Å². The van der Waals surface area contributed by atoms with E-state index in [1.54, 1.807) is 0 Å². The second kappa shape index (κ2) is 8.44. The Morgan fingerprint density at radius 2 is 0.548 bits per heavy atom. The first-order chi connectivity index (χ1) is 14.3. The standard InChI is InChI=1S/3C7H4F3.In/c3*8-7(9,10)6-4-2-1-3-5-6;/h3*2-5H;. The molecule has 3 aromatic rings. The average molecular weight is 550 g/mol. The molecule has 0 aliphatic heterocycles. The summed E-state index contributed by atoms with van der Waals surface area (Å²) in [6.45, 7) is 0. The Morgan fingerprint density at radius 1 is 0.355 bits per heavy atom. The van der Waals surface area contributed by atoms with E-state index < -0.39 is 56.7 Å². The van der Waals surface area contributed by atoms with Crippen LogP contribution < -0.4 is 9.96 Å². The summed E-state index contributed by atoms with van der Waals surface area (Å²) in [5.41, 5.74) is -2.66. The van der Waals surface area contributed by atoms with Crippen LogP contribution in [-0.2, 0) is 18.5 Å². The van der Waals surface area contributed by atoms with Gasteiger partial charge < -0.3 is 0 Å². The Morgan fingerprint density at radius 3 is 0.710 bits per heavy atom. The summed E-state index contributed by atoms with van der Waals surface area (Å²) in [5.74, 6) is 0. The first-order valence-electron chi connectivity index (χ1n) is 8.78. The molecule has 0 saturated carbocycles. The summed E-state index contributed by atoms with van der Waals surface area (Å²) in [6, 6.07) is 12.7. The van der Waals surface area contributed by atoms with Gasteiger partial charge in [-0.25, -0.2) is 0 Å². The van der Waals surface area contributed by atoms with Crippen molar-refractivity contribution in [3.8, 4) is 0 Å². The van der Waals surface area contributed by atoms with Crippen molar-refractivity contribution in [3.05, 3.63) is 89.5 Å². The molecule has 0 bridgehead atoms. The molecule has 3 rings (SSSR count). The molecule has 0 fully saturated rings. The molecule has 0 unspecified atom stereocenters. The van der Waals surface area contributed by atoms with E-state index in [4.69, 9.17) is 0 Å². The fraction of sp³-hybridized carbons (Fsp3) is 0.143. The van der Waals surface area contributed by atoms with Gasteiger partial charge in [-0.2, -0.15) is 0 Å². The molecule has 0 spiro atoms. The molecule has 0 nitrogen and oxygen atoms in total. The number of alkyl halides is 9. The summed E-state index contributed by atoms with van der Waals surface area (Å²) in [4.78, 5) is 0. The fourth-order valence-electron chi connectivity index (χ4n) is 3.17. The van der Waals surface area contributed by atoms with Crippen LogP contribution in [0.3, 0.4) is 0 Å². The van der Waals surface area contributed by atoms with E-state index in [1.165, 1.54) is 36.4 Å². The summed E-state index contributed by atoms with van der Waals surface area (Å²) in [7, 11) is 0. The third-order valence-corrected chi connectivity index (χ3v) is 13.7. The van der Waals surface area contributed by atoms with E-state index in [0.29, 0.717) is 9.96 Å². The zero-order chi connectivity index (χ0) is 23.0. The molecule has 0 N–H and O–H groups in total. The van der Waals surface area contributed by atoms with Crippen molar-refractivity contribution in [2.24, 2.45) is 0 Å². The SMILES string of the molecule is FC(F)(F)c1cc[c]([In]([c]2ccc(C(F)(F)F)cc2)[c]2ccc(C(F)(F)F)cc2)cc1. The number of halogens is 9. The molecular weight excluding hydrogens is 538 g/mol. The quantitative estimate of drug-likeness (QED) is 0.391. The van der Waals surface area contributed by atoms with Crippen molar-refractivity contribution in [2.75, 3.05) is 0 Å². The molecule has 3 aromatic carbocycles. The summed E-state index contributed by atoms with van der Waals surface area (Å²) < 4.78 is 117. The predicted molar refractivity (Wildman–Crippen MR) is 99.0 cm³/mol. The van der Waals surface area contributed by atoms with Gasteiger partial charge in [0.05, 0.1) is 0 Å². The van der Waals surface area contributed by atoms with Crippen LogP contribution in [0.4, 0.5) is 39.5 Å². The Bertz CT molecular complexity index is 877. The average Bonchev–Trinajstić information content (AvgIpc) is 2.67. The molecule has 0 aliphatic rings. The number of hydrogen-bond acceptors (Lipinski definition) is 0. The zero-order valence-corrected chi connectivity index (χ0v) is 18.7. The van der Waals surface area contributed by atoms with Gasteiger partial charge in [0.1, 0.15) is 0 Å². The van der Waals surface area contributed by atoms with E-state index in [9.17, 15) is 39.5 Å².